The second-order valence-electron chi connectivity index (χ2n) is 7.50. The van der Waals surface area contributed by atoms with E-state index in [4.69, 9.17) is 14.2 Å². The van der Waals surface area contributed by atoms with Gasteiger partial charge >= 0.3 is 17.9 Å². The molecule has 1 amide bonds. The summed E-state index contributed by atoms with van der Waals surface area (Å²) in [7, 11) is 0. The standard InChI is InChI=1S/C17H23NO8/c1-8-11(15(22)25-7-26-16(23)17(3,4)5)18-12(13(8)20)10(14(18)21)6-24-9(2)19/h8,10-12H,6-7H2,1-5H3/t8?,10-,11?,12+/m1/s1. The summed E-state index contributed by atoms with van der Waals surface area (Å²) in [4.78, 5) is 60.7. The number of rotatable bonds is 5. The molecule has 0 N–H and O–H groups in total. The van der Waals surface area contributed by atoms with Crippen molar-refractivity contribution in [2.24, 2.45) is 17.3 Å². The second-order valence-corrected chi connectivity index (χ2v) is 7.50. The molecule has 0 aromatic carbocycles. The van der Waals surface area contributed by atoms with Gasteiger partial charge < -0.3 is 19.1 Å². The molecule has 0 saturated carbocycles. The minimum atomic E-state index is -1.07. The zero-order chi connectivity index (χ0) is 19.8. The molecule has 0 aromatic heterocycles. The van der Waals surface area contributed by atoms with Gasteiger partial charge in [-0.05, 0) is 20.8 Å². The number of esters is 3. The van der Waals surface area contributed by atoms with Crippen LogP contribution in [0.2, 0.25) is 0 Å². The van der Waals surface area contributed by atoms with E-state index in [0.29, 0.717) is 0 Å². The molecule has 2 heterocycles. The summed E-state index contributed by atoms with van der Waals surface area (Å²) in [6.07, 6.45) is 0. The van der Waals surface area contributed by atoms with E-state index in [9.17, 15) is 24.0 Å². The largest absolute Gasteiger partial charge is 0.465 e. The number of fused-ring (bicyclic) bond motifs is 1. The molecule has 0 spiro atoms. The third-order valence-electron chi connectivity index (χ3n) is 4.48. The van der Waals surface area contributed by atoms with Crippen LogP contribution in [-0.2, 0) is 38.2 Å². The number of ether oxygens (including phenoxy) is 3. The summed E-state index contributed by atoms with van der Waals surface area (Å²) in [5.41, 5.74) is -0.745. The van der Waals surface area contributed by atoms with Crippen LogP contribution in [0, 0.1) is 17.3 Å². The van der Waals surface area contributed by atoms with Crippen molar-refractivity contribution in [1.82, 2.24) is 4.90 Å². The molecule has 2 rings (SSSR count). The number of Topliss-reactive ketones (excluding diaryl/α,β-unsaturated/α-hetero) is 1. The first-order valence-corrected chi connectivity index (χ1v) is 8.30. The van der Waals surface area contributed by atoms with Crippen LogP contribution in [0.25, 0.3) is 0 Å². The fourth-order valence-electron chi connectivity index (χ4n) is 3.02. The Morgan fingerprint density at radius 2 is 1.69 bits per heavy atom. The van der Waals surface area contributed by atoms with Crippen LogP contribution in [0.5, 0.6) is 0 Å². The van der Waals surface area contributed by atoms with Crippen molar-refractivity contribution in [3.8, 4) is 0 Å². The SMILES string of the molecule is CC(=O)OC[C@H]1C(=O)N2C(C(=O)OCOC(=O)C(C)(C)C)C(C)C(=O)[C@H]12. The number of hydrogen-bond donors (Lipinski definition) is 0. The van der Waals surface area contributed by atoms with Gasteiger partial charge in [0.15, 0.2) is 5.78 Å². The fraction of sp³-hybridized carbons (Fsp3) is 0.706. The molecule has 0 bridgehead atoms. The third kappa shape index (κ3) is 3.56. The Labute approximate surface area is 150 Å². The molecule has 0 aromatic rings. The molecule has 26 heavy (non-hydrogen) atoms. The van der Waals surface area contributed by atoms with Crippen LogP contribution >= 0.6 is 0 Å². The maximum absolute atomic E-state index is 12.4. The molecule has 0 radical (unpaired) electrons. The summed E-state index contributed by atoms with van der Waals surface area (Å²) < 4.78 is 14.6. The van der Waals surface area contributed by atoms with Gasteiger partial charge in [0.05, 0.1) is 11.3 Å². The Balaban J connectivity index is 1.97. The summed E-state index contributed by atoms with van der Waals surface area (Å²) >= 11 is 0. The van der Waals surface area contributed by atoms with E-state index in [1.165, 1.54) is 13.8 Å². The summed E-state index contributed by atoms with van der Waals surface area (Å²) in [6, 6.07) is -1.87. The van der Waals surface area contributed by atoms with Gasteiger partial charge in [-0.2, -0.15) is 0 Å². The minimum Gasteiger partial charge on any atom is -0.465 e. The van der Waals surface area contributed by atoms with E-state index in [1.807, 2.05) is 0 Å². The topological polar surface area (TPSA) is 116 Å². The number of ketones is 1. The van der Waals surface area contributed by atoms with Crippen LogP contribution in [-0.4, -0.2) is 60.0 Å². The monoisotopic (exact) mass is 369 g/mol. The van der Waals surface area contributed by atoms with E-state index in [2.05, 4.69) is 0 Å². The van der Waals surface area contributed by atoms with E-state index < -0.39 is 59.9 Å². The van der Waals surface area contributed by atoms with Crippen LogP contribution in [0.15, 0.2) is 0 Å². The lowest BCUT2D eigenvalue weighted by Gasteiger charge is -2.42. The van der Waals surface area contributed by atoms with Gasteiger partial charge in [0.2, 0.25) is 12.7 Å². The highest BCUT2D eigenvalue weighted by Crippen LogP contribution is 2.40. The van der Waals surface area contributed by atoms with Crippen LogP contribution in [0.3, 0.4) is 0 Å². The predicted octanol–water partition coefficient (Wildman–Crippen LogP) is 0.0539. The number of carbonyl (C=O) groups is 5. The van der Waals surface area contributed by atoms with E-state index >= 15 is 0 Å². The lowest BCUT2D eigenvalue weighted by molar-refractivity contribution is -0.183. The van der Waals surface area contributed by atoms with Crippen molar-refractivity contribution in [2.45, 2.75) is 46.7 Å². The van der Waals surface area contributed by atoms with Gasteiger partial charge in [0.25, 0.3) is 0 Å². The van der Waals surface area contributed by atoms with E-state index in [1.54, 1.807) is 20.8 Å². The van der Waals surface area contributed by atoms with Crippen molar-refractivity contribution in [3.63, 3.8) is 0 Å². The van der Waals surface area contributed by atoms with Gasteiger partial charge in [-0.15, -0.1) is 0 Å². The highest BCUT2D eigenvalue weighted by atomic mass is 16.7. The third-order valence-corrected chi connectivity index (χ3v) is 4.48. The molecule has 2 unspecified atom stereocenters. The van der Waals surface area contributed by atoms with Gasteiger partial charge in [0, 0.05) is 12.8 Å². The maximum Gasteiger partial charge on any atom is 0.332 e. The lowest BCUT2D eigenvalue weighted by atomic mass is 9.87. The smallest absolute Gasteiger partial charge is 0.332 e. The molecular formula is C17H23NO8. The predicted molar refractivity (Wildman–Crippen MR) is 85.2 cm³/mol. The summed E-state index contributed by atoms with van der Waals surface area (Å²) in [5, 5.41) is 0. The number of carbonyl (C=O) groups excluding carboxylic acids is 5. The first-order chi connectivity index (χ1) is 12.0. The van der Waals surface area contributed by atoms with Crippen molar-refractivity contribution in [1.29, 1.82) is 0 Å². The molecule has 2 aliphatic rings. The first kappa shape index (κ1) is 19.9. The summed E-state index contributed by atoms with van der Waals surface area (Å²) in [5.74, 6) is -4.15. The Morgan fingerprint density at radius 3 is 2.23 bits per heavy atom. The molecule has 9 nitrogen and oxygen atoms in total. The van der Waals surface area contributed by atoms with Gasteiger partial charge in [-0.25, -0.2) is 4.79 Å². The van der Waals surface area contributed by atoms with Crippen LogP contribution in [0.4, 0.5) is 0 Å². The zero-order valence-corrected chi connectivity index (χ0v) is 15.4. The quantitative estimate of drug-likeness (QED) is 0.379. The van der Waals surface area contributed by atoms with Crippen molar-refractivity contribution in [2.75, 3.05) is 13.4 Å². The minimum absolute atomic E-state index is 0.196. The molecule has 2 saturated heterocycles. The lowest BCUT2D eigenvalue weighted by Crippen LogP contribution is -2.64. The highest BCUT2D eigenvalue weighted by Gasteiger charge is 2.64. The number of β-lactam (4-membered cyclic amide) rings is 1. The van der Waals surface area contributed by atoms with E-state index in [-0.39, 0.29) is 12.4 Å². The Morgan fingerprint density at radius 1 is 1.08 bits per heavy atom. The fourth-order valence-corrected chi connectivity index (χ4v) is 3.02. The van der Waals surface area contributed by atoms with E-state index in [0.717, 1.165) is 4.90 Å². The Hall–Kier alpha value is -2.45. The molecule has 4 atom stereocenters. The number of amides is 1. The molecular weight excluding hydrogens is 346 g/mol. The Bertz CT molecular complexity index is 650. The zero-order valence-electron chi connectivity index (χ0n) is 15.4. The maximum atomic E-state index is 12.4. The van der Waals surface area contributed by atoms with Crippen LogP contribution in [0.1, 0.15) is 34.6 Å². The second kappa shape index (κ2) is 7.05. The first-order valence-electron chi connectivity index (χ1n) is 8.30. The number of nitrogens with zero attached hydrogens (tertiary/aromatic N) is 1. The molecule has 2 fully saturated rings. The molecule has 144 valence electrons. The summed E-state index contributed by atoms with van der Waals surface area (Å²) in [6.45, 7) is 6.92. The van der Waals surface area contributed by atoms with Gasteiger partial charge in [-0.1, -0.05) is 6.92 Å². The van der Waals surface area contributed by atoms with Crippen molar-refractivity contribution < 1.29 is 38.2 Å². The average Bonchev–Trinajstić information content (AvgIpc) is 2.75. The van der Waals surface area contributed by atoms with Crippen molar-refractivity contribution >= 4 is 29.6 Å². The Kier molecular flexibility index (Phi) is 5.39. The van der Waals surface area contributed by atoms with Gasteiger partial charge in [-0.3, -0.25) is 19.2 Å². The van der Waals surface area contributed by atoms with Crippen molar-refractivity contribution in [3.05, 3.63) is 0 Å². The highest BCUT2D eigenvalue weighted by molar-refractivity contribution is 6.08. The van der Waals surface area contributed by atoms with Crippen LogP contribution < -0.4 is 0 Å². The number of hydrogen-bond acceptors (Lipinski definition) is 8. The average molecular weight is 369 g/mol. The molecule has 0 aliphatic carbocycles. The molecule has 9 heteroatoms. The normalized spacial score (nSPS) is 27.5. The molecule has 2 aliphatic heterocycles. The van der Waals surface area contributed by atoms with Gasteiger partial charge in [0.1, 0.15) is 18.7 Å².